The second-order valence-corrected chi connectivity index (χ2v) is 3.83. The summed E-state index contributed by atoms with van der Waals surface area (Å²) in [5.74, 6) is 0. The second kappa shape index (κ2) is 4.05. The number of rotatable bonds is 3. The molecule has 0 spiro atoms. The van der Waals surface area contributed by atoms with Crippen LogP contribution in [0.3, 0.4) is 0 Å². The van der Waals surface area contributed by atoms with Gasteiger partial charge in [-0.15, -0.1) is 0 Å². The zero-order valence-electron chi connectivity index (χ0n) is 7.50. The third-order valence-electron chi connectivity index (χ3n) is 1.72. The molecule has 1 unspecified atom stereocenters. The molecule has 0 amide bonds. The van der Waals surface area contributed by atoms with Crippen LogP contribution in [0.2, 0.25) is 5.15 Å². The van der Waals surface area contributed by atoms with Crippen LogP contribution in [0.1, 0.15) is 12.6 Å². The van der Waals surface area contributed by atoms with Crippen LogP contribution in [0.5, 0.6) is 0 Å². The molecule has 3 nitrogen and oxygen atoms in total. The highest BCUT2D eigenvalue weighted by Crippen LogP contribution is 2.10. The van der Waals surface area contributed by atoms with Crippen molar-refractivity contribution in [2.75, 3.05) is 6.61 Å². The quantitative estimate of drug-likeness (QED) is 0.716. The third-order valence-corrected chi connectivity index (χ3v) is 1.93. The van der Waals surface area contributed by atoms with Gasteiger partial charge in [0.2, 0.25) is 0 Å². The molecule has 0 aliphatic rings. The molecule has 1 aromatic heterocycles. The highest BCUT2D eigenvalue weighted by atomic mass is 35.5. The largest absolute Gasteiger partial charge is 0.394 e. The van der Waals surface area contributed by atoms with Gasteiger partial charge in [-0.05, 0) is 19.1 Å². The summed E-state index contributed by atoms with van der Waals surface area (Å²) >= 11 is 5.70. The SMILES string of the molecule is CC(N)(CO)Cc1cccc(Cl)n1. The van der Waals surface area contributed by atoms with Crippen molar-refractivity contribution in [3.63, 3.8) is 0 Å². The summed E-state index contributed by atoms with van der Waals surface area (Å²) in [5.41, 5.74) is 5.94. The van der Waals surface area contributed by atoms with E-state index in [1.807, 2.05) is 12.1 Å². The predicted octanol–water partition coefficient (Wildman–Crippen LogP) is 0.987. The van der Waals surface area contributed by atoms with Crippen LogP contribution in [-0.4, -0.2) is 22.2 Å². The zero-order valence-corrected chi connectivity index (χ0v) is 8.25. The molecule has 1 aromatic rings. The Morgan fingerprint density at radius 1 is 1.62 bits per heavy atom. The molecule has 0 bridgehead atoms. The fourth-order valence-electron chi connectivity index (χ4n) is 1.02. The molecule has 1 rings (SSSR count). The summed E-state index contributed by atoms with van der Waals surface area (Å²) in [6, 6.07) is 5.36. The number of aliphatic hydroxyl groups is 1. The average molecular weight is 201 g/mol. The Hall–Kier alpha value is -0.640. The summed E-state index contributed by atoms with van der Waals surface area (Å²) in [7, 11) is 0. The third kappa shape index (κ3) is 3.30. The monoisotopic (exact) mass is 200 g/mol. The van der Waals surface area contributed by atoms with Crippen molar-refractivity contribution in [2.24, 2.45) is 5.73 Å². The summed E-state index contributed by atoms with van der Waals surface area (Å²) in [6.45, 7) is 1.71. The van der Waals surface area contributed by atoms with Crippen LogP contribution in [-0.2, 0) is 6.42 Å². The molecule has 1 atom stereocenters. The number of halogens is 1. The first kappa shape index (κ1) is 10.4. The fourth-order valence-corrected chi connectivity index (χ4v) is 1.20. The van der Waals surface area contributed by atoms with Crippen molar-refractivity contribution in [1.29, 1.82) is 0 Å². The lowest BCUT2D eigenvalue weighted by Crippen LogP contribution is -2.42. The fraction of sp³-hybridized carbons (Fsp3) is 0.444. The number of aliphatic hydroxyl groups excluding tert-OH is 1. The van der Waals surface area contributed by atoms with E-state index in [-0.39, 0.29) is 6.61 Å². The summed E-state index contributed by atoms with van der Waals surface area (Å²) < 4.78 is 0. The lowest BCUT2D eigenvalue weighted by atomic mass is 9.98. The summed E-state index contributed by atoms with van der Waals surface area (Å²) in [5, 5.41) is 9.39. The first-order valence-electron chi connectivity index (χ1n) is 4.05. The van der Waals surface area contributed by atoms with Crippen LogP contribution >= 0.6 is 11.6 Å². The van der Waals surface area contributed by atoms with Crippen molar-refractivity contribution in [3.05, 3.63) is 29.0 Å². The number of pyridine rings is 1. The number of nitrogens with zero attached hydrogens (tertiary/aromatic N) is 1. The van der Waals surface area contributed by atoms with Gasteiger partial charge in [0.1, 0.15) is 5.15 Å². The molecular formula is C9H13ClN2O. The van der Waals surface area contributed by atoms with Gasteiger partial charge in [-0.3, -0.25) is 0 Å². The van der Waals surface area contributed by atoms with E-state index >= 15 is 0 Å². The van der Waals surface area contributed by atoms with E-state index in [2.05, 4.69) is 4.98 Å². The van der Waals surface area contributed by atoms with Crippen LogP contribution in [0.25, 0.3) is 0 Å². The van der Waals surface area contributed by atoms with E-state index in [0.29, 0.717) is 11.6 Å². The Morgan fingerprint density at radius 2 is 2.31 bits per heavy atom. The molecule has 0 aliphatic heterocycles. The predicted molar refractivity (Wildman–Crippen MR) is 52.6 cm³/mol. The molecule has 0 fully saturated rings. The molecule has 0 saturated carbocycles. The minimum atomic E-state index is -0.627. The maximum atomic E-state index is 8.94. The van der Waals surface area contributed by atoms with Crippen LogP contribution in [0, 0.1) is 0 Å². The minimum Gasteiger partial charge on any atom is -0.394 e. The molecule has 4 heteroatoms. The molecule has 0 aromatic carbocycles. The molecule has 0 radical (unpaired) electrons. The summed E-state index contributed by atoms with van der Waals surface area (Å²) in [4.78, 5) is 4.08. The maximum Gasteiger partial charge on any atom is 0.129 e. The molecule has 72 valence electrons. The van der Waals surface area contributed by atoms with Crippen LogP contribution in [0.15, 0.2) is 18.2 Å². The first-order valence-corrected chi connectivity index (χ1v) is 4.42. The second-order valence-electron chi connectivity index (χ2n) is 3.44. The van der Waals surface area contributed by atoms with Crippen LogP contribution < -0.4 is 5.73 Å². The number of aromatic nitrogens is 1. The number of hydrogen-bond donors (Lipinski definition) is 2. The molecule has 1 heterocycles. The van der Waals surface area contributed by atoms with E-state index in [4.69, 9.17) is 22.4 Å². The first-order chi connectivity index (χ1) is 6.03. The lowest BCUT2D eigenvalue weighted by molar-refractivity contribution is 0.207. The van der Waals surface area contributed by atoms with Gasteiger partial charge in [0.05, 0.1) is 6.61 Å². The van der Waals surface area contributed by atoms with Gasteiger partial charge in [0, 0.05) is 17.7 Å². The molecule has 0 saturated heterocycles. The molecule has 3 N–H and O–H groups in total. The molecule has 13 heavy (non-hydrogen) atoms. The topological polar surface area (TPSA) is 59.1 Å². The average Bonchev–Trinajstić information content (AvgIpc) is 2.03. The van der Waals surface area contributed by atoms with Crippen LogP contribution in [0.4, 0.5) is 0 Å². The summed E-state index contributed by atoms with van der Waals surface area (Å²) in [6.07, 6.45) is 0.518. The van der Waals surface area contributed by atoms with Gasteiger partial charge in [-0.2, -0.15) is 0 Å². The highest BCUT2D eigenvalue weighted by molar-refractivity contribution is 6.29. The van der Waals surface area contributed by atoms with Crippen molar-refractivity contribution in [3.8, 4) is 0 Å². The number of nitrogens with two attached hydrogens (primary N) is 1. The maximum absolute atomic E-state index is 8.94. The smallest absolute Gasteiger partial charge is 0.129 e. The Balaban J connectivity index is 2.74. The van der Waals surface area contributed by atoms with Crippen molar-refractivity contribution < 1.29 is 5.11 Å². The number of hydrogen-bond acceptors (Lipinski definition) is 3. The zero-order chi connectivity index (χ0) is 9.90. The standard InChI is InChI=1S/C9H13ClN2O/c1-9(11,6-13)5-7-3-2-4-8(10)12-7/h2-4,13H,5-6,11H2,1H3. The Morgan fingerprint density at radius 3 is 2.85 bits per heavy atom. The Kier molecular flexibility index (Phi) is 3.25. The molecular weight excluding hydrogens is 188 g/mol. The highest BCUT2D eigenvalue weighted by Gasteiger charge is 2.18. The van der Waals surface area contributed by atoms with Gasteiger partial charge < -0.3 is 10.8 Å². The van der Waals surface area contributed by atoms with Gasteiger partial charge >= 0.3 is 0 Å². The van der Waals surface area contributed by atoms with Gasteiger partial charge in [-0.25, -0.2) is 4.98 Å². The van der Waals surface area contributed by atoms with Gasteiger partial charge in [0.15, 0.2) is 0 Å². The van der Waals surface area contributed by atoms with E-state index in [0.717, 1.165) is 5.69 Å². The van der Waals surface area contributed by atoms with Crippen molar-refractivity contribution >= 4 is 11.6 Å². The molecule has 0 aliphatic carbocycles. The lowest BCUT2D eigenvalue weighted by Gasteiger charge is -2.20. The van der Waals surface area contributed by atoms with E-state index < -0.39 is 5.54 Å². The van der Waals surface area contributed by atoms with Crippen molar-refractivity contribution in [2.45, 2.75) is 18.9 Å². The van der Waals surface area contributed by atoms with Gasteiger partial charge in [-0.1, -0.05) is 17.7 Å². The van der Waals surface area contributed by atoms with Crippen molar-refractivity contribution in [1.82, 2.24) is 4.98 Å². The van der Waals surface area contributed by atoms with E-state index in [1.54, 1.807) is 13.0 Å². The normalized spacial score (nSPS) is 15.4. The van der Waals surface area contributed by atoms with E-state index in [9.17, 15) is 0 Å². The Bertz CT molecular complexity index is 289. The Labute approximate surface area is 82.5 Å². The van der Waals surface area contributed by atoms with E-state index in [1.165, 1.54) is 0 Å². The van der Waals surface area contributed by atoms with Gasteiger partial charge in [0.25, 0.3) is 0 Å². The minimum absolute atomic E-state index is 0.0683.